The molecule has 6 N–H and O–H groups in total. The summed E-state index contributed by atoms with van der Waals surface area (Å²) in [6, 6.07) is 5.32. The van der Waals surface area contributed by atoms with Crippen LogP contribution in [-0.4, -0.2) is 52.2 Å². The maximum Gasteiger partial charge on any atom is 0.287 e. The highest BCUT2D eigenvalue weighted by molar-refractivity contribution is 5.98. The molecular weight excluding hydrogens is 400 g/mol. The summed E-state index contributed by atoms with van der Waals surface area (Å²) >= 11 is 0. The zero-order valence-corrected chi connectivity index (χ0v) is 17.6. The number of hydrogen-bond acceptors (Lipinski definition) is 5. The second-order valence-electron chi connectivity index (χ2n) is 8.23. The summed E-state index contributed by atoms with van der Waals surface area (Å²) in [5.74, 6) is -2.12. The first kappa shape index (κ1) is 22.3. The first-order valence-electron chi connectivity index (χ1n) is 10.4. The standard InChI is InChI=1S/C21H28N6O4/c1-11(2)9-16(27-21(31)18-24-13-5-3-4-6-14(13)25-18)20(30)26-15(17(22)28)10-12-7-8-23-19(12)29/h3-6,11-12,15-16H,7-10H2,1-2H3,(H2,22,28)(H,23,29)(H,24,25)(H,26,30)(H,27,31)/t12-,15-,16-/m0/s1. The summed E-state index contributed by atoms with van der Waals surface area (Å²) in [4.78, 5) is 56.6. The summed E-state index contributed by atoms with van der Waals surface area (Å²) < 4.78 is 0. The van der Waals surface area contributed by atoms with Crippen LogP contribution in [0.3, 0.4) is 0 Å². The lowest BCUT2D eigenvalue weighted by atomic mass is 9.97. The monoisotopic (exact) mass is 428 g/mol. The van der Waals surface area contributed by atoms with Crippen molar-refractivity contribution in [3.63, 3.8) is 0 Å². The molecule has 3 atom stereocenters. The molecular formula is C21H28N6O4. The van der Waals surface area contributed by atoms with Gasteiger partial charge in [-0.2, -0.15) is 0 Å². The predicted molar refractivity (Wildman–Crippen MR) is 114 cm³/mol. The van der Waals surface area contributed by atoms with E-state index in [0.717, 1.165) is 0 Å². The summed E-state index contributed by atoms with van der Waals surface area (Å²) in [6.07, 6.45) is 1.06. The van der Waals surface area contributed by atoms with Gasteiger partial charge >= 0.3 is 0 Å². The normalized spacial score (nSPS) is 17.9. The highest BCUT2D eigenvalue weighted by Crippen LogP contribution is 2.17. The SMILES string of the molecule is CC(C)C[C@H](NC(=O)c1nc2ccccc2[nH]1)C(=O)N[C@@H](C[C@@H]1CCNC1=O)C(N)=O. The number of aromatic nitrogens is 2. The third-order valence-corrected chi connectivity index (χ3v) is 5.28. The summed E-state index contributed by atoms with van der Waals surface area (Å²) in [7, 11) is 0. The Bertz CT molecular complexity index is 952. The number of fused-ring (bicyclic) bond motifs is 1. The Labute approximate surface area is 179 Å². The molecule has 31 heavy (non-hydrogen) atoms. The first-order chi connectivity index (χ1) is 14.7. The number of H-pyrrole nitrogens is 1. The van der Waals surface area contributed by atoms with Gasteiger partial charge in [-0.3, -0.25) is 19.2 Å². The van der Waals surface area contributed by atoms with E-state index in [0.29, 0.717) is 30.4 Å². The molecule has 0 aliphatic carbocycles. The van der Waals surface area contributed by atoms with Crippen LogP contribution in [0, 0.1) is 11.8 Å². The molecule has 2 aromatic rings. The molecule has 3 rings (SSSR count). The molecule has 0 spiro atoms. The van der Waals surface area contributed by atoms with Gasteiger partial charge < -0.3 is 26.7 Å². The zero-order chi connectivity index (χ0) is 22.5. The number of rotatable bonds is 9. The molecule has 0 radical (unpaired) electrons. The highest BCUT2D eigenvalue weighted by atomic mass is 16.2. The fourth-order valence-electron chi connectivity index (χ4n) is 3.66. The summed E-state index contributed by atoms with van der Waals surface area (Å²) in [5, 5.41) is 8.01. The molecule has 1 aliphatic heterocycles. The van der Waals surface area contributed by atoms with E-state index < -0.39 is 29.8 Å². The quantitative estimate of drug-likeness (QED) is 0.385. The molecule has 0 saturated carbocycles. The average Bonchev–Trinajstić information content (AvgIpc) is 3.32. The second kappa shape index (κ2) is 9.59. The minimum Gasteiger partial charge on any atom is -0.368 e. The van der Waals surface area contributed by atoms with Crippen LogP contribution in [0.1, 0.15) is 43.7 Å². The van der Waals surface area contributed by atoms with Crippen LogP contribution in [0.5, 0.6) is 0 Å². The molecule has 2 heterocycles. The van der Waals surface area contributed by atoms with Crippen LogP contribution < -0.4 is 21.7 Å². The number of imidazole rings is 1. The minimum absolute atomic E-state index is 0.0943. The average molecular weight is 428 g/mol. The Morgan fingerprint density at radius 2 is 1.94 bits per heavy atom. The van der Waals surface area contributed by atoms with Crippen molar-refractivity contribution in [2.75, 3.05) is 6.54 Å². The Balaban J connectivity index is 1.70. The van der Waals surface area contributed by atoms with Crippen LogP contribution in [0.2, 0.25) is 0 Å². The molecule has 1 saturated heterocycles. The van der Waals surface area contributed by atoms with Crippen LogP contribution >= 0.6 is 0 Å². The number of nitrogens with one attached hydrogen (secondary N) is 4. The van der Waals surface area contributed by atoms with E-state index in [-0.39, 0.29) is 30.0 Å². The molecule has 4 amide bonds. The van der Waals surface area contributed by atoms with Gasteiger partial charge in [0.15, 0.2) is 5.82 Å². The van der Waals surface area contributed by atoms with Crippen molar-refractivity contribution >= 4 is 34.7 Å². The van der Waals surface area contributed by atoms with Gasteiger partial charge in [-0.1, -0.05) is 26.0 Å². The van der Waals surface area contributed by atoms with Crippen molar-refractivity contribution in [2.24, 2.45) is 17.6 Å². The molecule has 0 unspecified atom stereocenters. The van der Waals surface area contributed by atoms with Crippen molar-refractivity contribution in [1.82, 2.24) is 25.9 Å². The van der Waals surface area contributed by atoms with E-state index in [1.54, 1.807) is 12.1 Å². The van der Waals surface area contributed by atoms with Gasteiger partial charge in [0.05, 0.1) is 11.0 Å². The van der Waals surface area contributed by atoms with Crippen molar-refractivity contribution in [3.05, 3.63) is 30.1 Å². The van der Waals surface area contributed by atoms with E-state index in [4.69, 9.17) is 5.73 Å². The van der Waals surface area contributed by atoms with Crippen molar-refractivity contribution in [1.29, 1.82) is 0 Å². The summed E-state index contributed by atoms with van der Waals surface area (Å²) in [5.41, 5.74) is 6.81. The molecule has 166 valence electrons. The number of nitrogens with zero attached hydrogens (tertiary/aromatic N) is 1. The fraction of sp³-hybridized carbons (Fsp3) is 0.476. The van der Waals surface area contributed by atoms with Gasteiger partial charge in [-0.05, 0) is 37.3 Å². The van der Waals surface area contributed by atoms with Gasteiger partial charge in [0.1, 0.15) is 12.1 Å². The number of benzene rings is 1. The molecule has 1 aromatic carbocycles. The third-order valence-electron chi connectivity index (χ3n) is 5.28. The Hall–Kier alpha value is -3.43. The fourth-order valence-corrected chi connectivity index (χ4v) is 3.66. The summed E-state index contributed by atoms with van der Waals surface area (Å²) in [6.45, 7) is 4.37. The van der Waals surface area contributed by atoms with Gasteiger partial charge in [0, 0.05) is 12.5 Å². The lowest BCUT2D eigenvalue weighted by Gasteiger charge is -2.23. The number of carbonyl (C=O) groups is 4. The zero-order valence-electron chi connectivity index (χ0n) is 17.6. The van der Waals surface area contributed by atoms with Crippen LogP contribution in [0.4, 0.5) is 0 Å². The number of nitrogens with two attached hydrogens (primary N) is 1. The minimum atomic E-state index is -1.00. The first-order valence-corrected chi connectivity index (χ1v) is 10.4. The van der Waals surface area contributed by atoms with Crippen LogP contribution in [-0.2, 0) is 14.4 Å². The van der Waals surface area contributed by atoms with E-state index in [1.807, 2.05) is 26.0 Å². The maximum atomic E-state index is 12.9. The number of para-hydroxylation sites is 2. The number of amides is 4. The van der Waals surface area contributed by atoms with Crippen molar-refractivity contribution < 1.29 is 19.2 Å². The van der Waals surface area contributed by atoms with Crippen molar-refractivity contribution in [3.8, 4) is 0 Å². The lowest BCUT2D eigenvalue weighted by Crippen LogP contribution is -2.54. The van der Waals surface area contributed by atoms with E-state index in [1.165, 1.54) is 0 Å². The number of hydrogen-bond donors (Lipinski definition) is 5. The second-order valence-corrected chi connectivity index (χ2v) is 8.23. The Morgan fingerprint density at radius 3 is 2.55 bits per heavy atom. The van der Waals surface area contributed by atoms with E-state index in [9.17, 15) is 19.2 Å². The molecule has 1 aromatic heterocycles. The predicted octanol–water partition coefficient (Wildman–Crippen LogP) is 0.204. The smallest absolute Gasteiger partial charge is 0.287 e. The van der Waals surface area contributed by atoms with Gasteiger partial charge in [0.25, 0.3) is 5.91 Å². The highest BCUT2D eigenvalue weighted by Gasteiger charge is 2.32. The van der Waals surface area contributed by atoms with Gasteiger partial charge in [0.2, 0.25) is 17.7 Å². The molecule has 10 heteroatoms. The molecule has 0 bridgehead atoms. The number of carbonyl (C=O) groups excluding carboxylic acids is 4. The molecule has 10 nitrogen and oxygen atoms in total. The number of aromatic amines is 1. The maximum absolute atomic E-state index is 12.9. The lowest BCUT2D eigenvalue weighted by molar-refractivity contribution is -0.130. The largest absolute Gasteiger partial charge is 0.368 e. The van der Waals surface area contributed by atoms with Crippen LogP contribution in [0.15, 0.2) is 24.3 Å². The van der Waals surface area contributed by atoms with Crippen LogP contribution in [0.25, 0.3) is 11.0 Å². The van der Waals surface area contributed by atoms with Crippen molar-refractivity contribution in [2.45, 2.75) is 45.2 Å². The van der Waals surface area contributed by atoms with E-state index >= 15 is 0 Å². The molecule has 1 aliphatic rings. The topological polar surface area (TPSA) is 159 Å². The molecule has 1 fully saturated rings. The number of primary amides is 1. The third kappa shape index (κ3) is 5.59. The van der Waals surface area contributed by atoms with E-state index in [2.05, 4.69) is 25.9 Å². The Kier molecular flexibility index (Phi) is 6.88. The Morgan fingerprint density at radius 1 is 1.19 bits per heavy atom. The van der Waals surface area contributed by atoms with Gasteiger partial charge in [-0.25, -0.2) is 4.98 Å². The van der Waals surface area contributed by atoms with Gasteiger partial charge in [-0.15, -0.1) is 0 Å².